The second-order valence-electron chi connectivity index (χ2n) is 7.62. The van der Waals surface area contributed by atoms with Crippen molar-refractivity contribution in [3.8, 4) is 11.5 Å². The quantitative estimate of drug-likeness (QED) is 0.357. The summed E-state index contributed by atoms with van der Waals surface area (Å²) in [6.07, 6.45) is 0. The van der Waals surface area contributed by atoms with Gasteiger partial charge >= 0.3 is 5.97 Å². The van der Waals surface area contributed by atoms with Gasteiger partial charge in [0, 0.05) is 35.2 Å². The summed E-state index contributed by atoms with van der Waals surface area (Å²) < 4.78 is 17.8. The number of ketones is 1. The average molecular weight is 465 g/mol. The van der Waals surface area contributed by atoms with Gasteiger partial charge in [0.1, 0.15) is 11.5 Å². The molecule has 8 nitrogen and oxygen atoms in total. The number of rotatable bonds is 10. The molecule has 0 fully saturated rings. The number of ether oxygens (including phenoxy) is 3. The van der Waals surface area contributed by atoms with Crippen molar-refractivity contribution in [2.24, 2.45) is 0 Å². The second kappa shape index (κ2) is 11.2. The zero-order valence-electron chi connectivity index (χ0n) is 19.7. The first-order chi connectivity index (χ1) is 16.3. The van der Waals surface area contributed by atoms with E-state index in [0.29, 0.717) is 22.7 Å². The van der Waals surface area contributed by atoms with Crippen molar-refractivity contribution in [3.05, 3.63) is 77.1 Å². The lowest BCUT2D eigenvalue weighted by Gasteiger charge is -2.09. The Hall–Kier alpha value is -4.07. The smallest absolute Gasteiger partial charge is 0.338 e. The van der Waals surface area contributed by atoms with E-state index in [0.717, 1.165) is 17.9 Å². The zero-order valence-corrected chi connectivity index (χ0v) is 19.7. The first-order valence-electron chi connectivity index (χ1n) is 10.9. The molecule has 0 atom stereocenters. The Labute approximate surface area is 198 Å². The van der Waals surface area contributed by atoms with Crippen LogP contribution in [0.3, 0.4) is 0 Å². The molecule has 0 saturated heterocycles. The number of carbonyl (C=O) groups excluding carboxylic acids is 3. The normalized spacial score (nSPS) is 10.5. The third-order valence-electron chi connectivity index (χ3n) is 5.34. The molecule has 0 saturated carbocycles. The fourth-order valence-electron chi connectivity index (χ4n) is 3.60. The van der Waals surface area contributed by atoms with E-state index in [2.05, 4.69) is 5.32 Å². The molecule has 0 aliphatic heterocycles. The number of nitrogens with zero attached hydrogens (tertiary/aromatic N) is 1. The summed E-state index contributed by atoms with van der Waals surface area (Å²) in [7, 11) is 1.55. The summed E-state index contributed by atoms with van der Waals surface area (Å²) in [6, 6.07) is 15.0. The standard InChI is InChI=1S/C26H28N2O6/c1-5-28-17(2)13-23(18(28)3)24(29)15-34-26(31)19-9-11-21(12-10-19)33-16-25(30)27-20-7-6-8-22(14-20)32-4/h6-14H,5,15-16H2,1-4H3,(H,27,30). The van der Waals surface area contributed by atoms with Gasteiger partial charge in [0.2, 0.25) is 5.78 Å². The number of methoxy groups -OCH3 is 1. The minimum absolute atomic E-state index is 0.203. The topological polar surface area (TPSA) is 95.9 Å². The van der Waals surface area contributed by atoms with Gasteiger partial charge in [-0.05, 0) is 63.2 Å². The maximum absolute atomic E-state index is 12.5. The van der Waals surface area contributed by atoms with Gasteiger partial charge in [-0.2, -0.15) is 0 Å². The number of nitrogens with one attached hydrogen (secondary N) is 1. The van der Waals surface area contributed by atoms with Gasteiger partial charge in [0.15, 0.2) is 13.2 Å². The first kappa shape index (κ1) is 24.6. The Balaban J connectivity index is 1.49. The van der Waals surface area contributed by atoms with Crippen molar-refractivity contribution >= 4 is 23.3 Å². The van der Waals surface area contributed by atoms with E-state index in [1.807, 2.05) is 31.4 Å². The van der Waals surface area contributed by atoms with E-state index in [1.54, 1.807) is 43.5 Å². The fourth-order valence-corrected chi connectivity index (χ4v) is 3.60. The van der Waals surface area contributed by atoms with Crippen molar-refractivity contribution in [1.82, 2.24) is 4.57 Å². The Morgan fingerprint density at radius 3 is 2.32 bits per heavy atom. The largest absolute Gasteiger partial charge is 0.497 e. The van der Waals surface area contributed by atoms with Crippen molar-refractivity contribution in [2.45, 2.75) is 27.3 Å². The van der Waals surface area contributed by atoms with Crippen molar-refractivity contribution < 1.29 is 28.6 Å². The molecule has 0 radical (unpaired) electrons. The van der Waals surface area contributed by atoms with Gasteiger partial charge < -0.3 is 24.1 Å². The molecule has 1 N–H and O–H groups in total. The number of benzene rings is 2. The molecule has 3 aromatic rings. The Bertz CT molecular complexity index is 1180. The highest BCUT2D eigenvalue weighted by Crippen LogP contribution is 2.18. The lowest BCUT2D eigenvalue weighted by Crippen LogP contribution is -2.20. The molecule has 0 spiro atoms. The number of Topliss-reactive ketones (excluding diaryl/α,β-unsaturated/α-hetero) is 1. The number of hydrogen-bond acceptors (Lipinski definition) is 6. The van der Waals surface area contributed by atoms with Crippen molar-refractivity contribution in [1.29, 1.82) is 0 Å². The van der Waals surface area contributed by atoms with E-state index >= 15 is 0 Å². The fraction of sp³-hybridized carbons (Fsp3) is 0.269. The Morgan fingerprint density at radius 1 is 0.941 bits per heavy atom. The van der Waals surface area contributed by atoms with Crippen LogP contribution in [0.15, 0.2) is 54.6 Å². The summed E-state index contributed by atoms with van der Waals surface area (Å²) in [6.45, 7) is 6.05. The molecule has 8 heteroatoms. The first-order valence-corrected chi connectivity index (χ1v) is 10.9. The summed E-state index contributed by atoms with van der Waals surface area (Å²) in [5.41, 5.74) is 3.28. The van der Waals surface area contributed by atoms with E-state index in [1.165, 1.54) is 12.1 Å². The predicted octanol–water partition coefficient (Wildman–Crippen LogP) is 4.19. The molecule has 34 heavy (non-hydrogen) atoms. The monoisotopic (exact) mass is 464 g/mol. The van der Waals surface area contributed by atoms with E-state index in [9.17, 15) is 14.4 Å². The average Bonchev–Trinajstić information content (AvgIpc) is 3.14. The molecule has 0 aliphatic rings. The lowest BCUT2D eigenvalue weighted by atomic mass is 10.1. The third-order valence-corrected chi connectivity index (χ3v) is 5.34. The molecular formula is C26H28N2O6. The number of aromatic nitrogens is 1. The van der Waals surface area contributed by atoms with Crippen LogP contribution in [0.25, 0.3) is 0 Å². The number of aryl methyl sites for hydroxylation is 1. The molecule has 0 unspecified atom stereocenters. The maximum atomic E-state index is 12.5. The van der Waals surface area contributed by atoms with Crippen LogP contribution in [-0.2, 0) is 16.1 Å². The Morgan fingerprint density at radius 2 is 1.68 bits per heavy atom. The molecule has 1 amide bonds. The van der Waals surface area contributed by atoms with Crippen LogP contribution < -0.4 is 14.8 Å². The summed E-state index contributed by atoms with van der Waals surface area (Å²) in [5.74, 6) is -0.145. The zero-order chi connectivity index (χ0) is 24.7. The molecule has 0 bridgehead atoms. The SMILES string of the molecule is CCn1c(C)cc(C(=O)COC(=O)c2ccc(OCC(=O)Nc3cccc(OC)c3)cc2)c1C. The van der Waals surface area contributed by atoms with Crippen LogP contribution in [0.1, 0.15) is 39.0 Å². The molecule has 1 heterocycles. The minimum atomic E-state index is -0.611. The second-order valence-corrected chi connectivity index (χ2v) is 7.62. The number of anilines is 1. The predicted molar refractivity (Wildman–Crippen MR) is 128 cm³/mol. The summed E-state index contributed by atoms with van der Waals surface area (Å²) >= 11 is 0. The maximum Gasteiger partial charge on any atom is 0.338 e. The molecule has 178 valence electrons. The van der Waals surface area contributed by atoms with Crippen LogP contribution in [0.5, 0.6) is 11.5 Å². The van der Waals surface area contributed by atoms with Gasteiger partial charge in [-0.15, -0.1) is 0 Å². The van der Waals surface area contributed by atoms with Gasteiger partial charge in [-0.1, -0.05) is 6.07 Å². The molecular weight excluding hydrogens is 436 g/mol. The van der Waals surface area contributed by atoms with Crippen molar-refractivity contribution in [2.75, 3.05) is 25.6 Å². The minimum Gasteiger partial charge on any atom is -0.497 e. The highest BCUT2D eigenvalue weighted by atomic mass is 16.5. The lowest BCUT2D eigenvalue weighted by molar-refractivity contribution is -0.118. The van der Waals surface area contributed by atoms with Crippen LogP contribution in [-0.4, -0.2) is 42.6 Å². The number of amides is 1. The Kier molecular flexibility index (Phi) is 8.08. The third kappa shape index (κ3) is 6.04. The number of carbonyl (C=O) groups is 3. The van der Waals surface area contributed by atoms with Gasteiger partial charge in [-0.25, -0.2) is 4.79 Å². The van der Waals surface area contributed by atoms with Crippen LogP contribution >= 0.6 is 0 Å². The summed E-state index contributed by atoms with van der Waals surface area (Å²) in [5, 5.41) is 2.72. The van der Waals surface area contributed by atoms with E-state index in [4.69, 9.17) is 14.2 Å². The summed E-state index contributed by atoms with van der Waals surface area (Å²) in [4.78, 5) is 36.9. The van der Waals surface area contributed by atoms with E-state index in [-0.39, 0.29) is 30.5 Å². The van der Waals surface area contributed by atoms with Gasteiger partial charge in [-0.3, -0.25) is 9.59 Å². The molecule has 2 aromatic carbocycles. The molecule has 3 rings (SSSR count). The van der Waals surface area contributed by atoms with Crippen LogP contribution in [0, 0.1) is 13.8 Å². The highest BCUT2D eigenvalue weighted by molar-refractivity contribution is 6.00. The van der Waals surface area contributed by atoms with Crippen LogP contribution in [0.4, 0.5) is 5.69 Å². The highest BCUT2D eigenvalue weighted by Gasteiger charge is 2.17. The van der Waals surface area contributed by atoms with Crippen LogP contribution in [0.2, 0.25) is 0 Å². The van der Waals surface area contributed by atoms with Gasteiger partial charge in [0.25, 0.3) is 5.91 Å². The number of hydrogen-bond donors (Lipinski definition) is 1. The molecule has 1 aromatic heterocycles. The number of esters is 1. The molecule has 0 aliphatic carbocycles. The van der Waals surface area contributed by atoms with E-state index < -0.39 is 5.97 Å². The van der Waals surface area contributed by atoms with Crippen molar-refractivity contribution in [3.63, 3.8) is 0 Å². The van der Waals surface area contributed by atoms with Gasteiger partial charge in [0.05, 0.1) is 12.7 Å².